The van der Waals surface area contributed by atoms with Crippen LogP contribution >= 0.6 is 0 Å². The summed E-state index contributed by atoms with van der Waals surface area (Å²) in [6.07, 6.45) is 2.62. The van der Waals surface area contributed by atoms with Gasteiger partial charge in [0.25, 0.3) is 0 Å². The standard InChI is InChI=1S/C15H24N2O/c1-12-5-7-17(8-6-12)9-10-18-15-4-3-13(2)11-14(15)16/h3-4,11-12H,5-10,16H2,1-2H3. The second-order valence-electron chi connectivity index (χ2n) is 5.41. The first-order valence-corrected chi connectivity index (χ1v) is 6.86. The van der Waals surface area contributed by atoms with Crippen LogP contribution in [0.4, 0.5) is 5.69 Å². The molecule has 18 heavy (non-hydrogen) atoms. The van der Waals surface area contributed by atoms with Gasteiger partial charge in [0.15, 0.2) is 0 Å². The van der Waals surface area contributed by atoms with E-state index < -0.39 is 0 Å². The van der Waals surface area contributed by atoms with Gasteiger partial charge in [0.2, 0.25) is 0 Å². The summed E-state index contributed by atoms with van der Waals surface area (Å²) in [7, 11) is 0. The van der Waals surface area contributed by atoms with Crippen molar-refractivity contribution in [2.24, 2.45) is 5.92 Å². The van der Waals surface area contributed by atoms with Crippen LogP contribution in [0.2, 0.25) is 0 Å². The van der Waals surface area contributed by atoms with E-state index in [1.807, 2.05) is 25.1 Å². The minimum absolute atomic E-state index is 0.724. The summed E-state index contributed by atoms with van der Waals surface area (Å²) in [4.78, 5) is 2.48. The average molecular weight is 248 g/mol. The number of aryl methyl sites for hydroxylation is 1. The number of benzene rings is 1. The van der Waals surface area contributed by atoms with E-state index in [1.54, 1.807) is 0 Å². The number of nitrogen functional groups attached to an aromatic ring is 1. The zero-order chi connectivity index (χ0) is 13.0. The molecule has 1 aromatic carbocycles. The van der Waals surface area contributed by atoms with Gasteiger partial charge in [0, 0.05) is 6.54 Å². The molecular weight excluding hydrogens is 224 g/mol. The highest BCUT2D eigenvalue weighted by Gasteiger charge is 2.15. The van der Waals surface area contributed by atoms with Gasteiger partial charge in [0.1, 0.15) is 12.4 Å². The third-order valence-corrected chi connectivity index (χ3v) is 3.71. The molecule has 1 aliphatic heterocycles. The van der Waals surface area contributed by atoms with Crippen LogP contribution < -0.4 is 10.5 Å². The fourth-order valence-electron chi connectivity index (χ4n) is 2.37. The maximum atomic E-state index is 5.92. The zero-order valence-electron chi connectivity index (χ0n) is 11.5. The Morgan fingerprint density at radius 2 is 2.06 bits per heavy atom. The molecule has 1 aliphatic rings. The van der Waals surface area contributed by atoms with Crippen molar-refractivity contribution in [1.29, 1.82) is 0 Å². The van der Waals surface area contributed by atoms with Gasteiger partial charge >= 0.3 is 0 Å². The Morgan fingerprint density at radius 3 is 2.72 bits per heavy atom. The monoisotopic (exact) mass is 248 g/mol. The number of hydrogen-bond donors (Lipinski definition) is 1. The largest absolute Gasteiger partial charge is 0.490 e. The van der Waals surface area contributed by atoms with Crippen molar-refractivity contribution in [3.8, 4) is 5.75 Å². The summed E-state index contributed by atoms with van der Waals surface area (Å²) in [5, 5.41) is 0. The van der Waals surface area contributed by atoms with E-state index in [9.17, 15) is 0 Å². The van der Waals surface area contributed by atoms with Crippen molar-refractivity contribution >= 4 is 5.69 Å². The predicted octanol–water partition coefficient (Wildman–Crippen LogP) is 2.69. The van der Waals surface area contributed by atoms with E-state index >= 15 is 0 Å². The summed E-state index contributed by atoms with van der Waals surface area (Å²) >= 11 is 0. The molecule has 2 N–H and O–H groups in total. The summed E-state index contributed by atoms with van der Waals surface area (Å²) in [6, 6.07) is 5.95. The molecule has 0 bridgehead atoms. The van der Waals surface area contributed by atoms with Crippen LogP contribution in [-0.4, -0.2) is 31.1 Å². The Kier molecular flexibility index (Phi) is 4.48. The van der Waals surface area contributed by atoms with Crippen LogP contribution in [0, 0.1) is 12.8 Å². The highest BCUT2D eigenvalue weighted by Crippen LogP contribution is 2.22. The number of piperidine rings is 1. The molecule has 0 atom stereocenters. The smallest absolute Gasteiger partial charge is 0.142 e. The normalized spacial score (nSPS) is 17.9. The highest BCUT2D eigenvalue weighted by atomic mass is 16.5. The zero-order valence-corrected chi connectivity index (χ0v) is 11.5. The van der Waals surface area contributed by atoms with Crippen LogP contribution in [0.5, 0.6) is 5.75 Å². The maximum Gasteiger partial charge on any atom is 0.142 e. The Labute approximate surface area is 110 Å². The van der Waals surface area contributed by atoms with Crippen molar-refractivity contribution < 1.29 is 4.74 Å². The molecule has 0 aromatic heterocycles. The predicted molar refractivity (Wildman–Crippen MR) is 75.9 cm³/mol. The molecule has 0 spiro atoms. The molecule has 0 unspecified atom stereocenters. The van der Waals surface area contributed by atoms with Crippen molar-refractivity contribution in [2.75, 3.05) is 32.0 Å². The van der Waals surface area contributed by atoms with Gasteiger partial charge in [-0.2, -0.15) is 0 Å². The molecular formula is C15H24N2O. The van der Waals surface area contributed by atoms with Gasteiger partial charge in [-0.1, -0.05) is 13.0 Å². The molecule has 1 fully saturated rings. The molecule has 3 heteroatoms. The number of hydrogen-bond acceptors (Lipinski definition) is 3. The minimum Gasteiger partial charge on any atom is -0.490 e. The molecule has 0 radical (unpaired) electrons. The van der Waals surface area contributed by atoms with Gasteiger partial charge in [-0.15, -0.1) is 0 Å². The maximum absolute atomic E-state index is 5.92. The SMILES string of the molecule is Cc1ccc(OCCN2CCC(C)CC2)c(N)c1. The number of likely N-dealkylation sites (tertiary alicyclic amines) is 1. The van der Waals surface area contributed by atoms with Crippen LogP contribution in [0.25, 0.3) is 0 Å². The fraction of sp³-hybridized carbons (Fsp3) is 0.600. The van der Waals surface area contributed by atoms with E-state index in [2.05, 4.69) is 11.8 Å². The molecule has 3 nitrogen and oxygen atoms in total. The van der Waals surface area contributed by atoms with Gasteiger partial charge in [0.05, 0.1) is 5.69 Å². The fourth-order valence-corrected chi connectivity index (χ4v) is 2.37. The van der Waals surface area contributed by atoms with Crippen molar-refractivity contribution in [3.63, 3.8) is 0 Å². The Morgan fingerprint density at radius 1 is 1.33 bits per heavy atom. The summed E-state index contributed by atoms with van der Waals surface area (Å²) in [5.41, 5.74) is 7.83. The van der Waals surface area contributed by atoms with E-state index in [0.717, 1.165) is 30.5 Å². The molecule has 0 aliphatic carbocycles. The summed E-state index contributed by atoms with van der Waals surface area (Å²) in [5.74, 6) is 1.70. The van der Waals surface area contributed by atoms with Crippen molar-refractivity contribution in [2.45, 2.75) is 26.7 Å². The molecule has 100 valence electrons. The number of nitrogens with zero attached hydrogens (tertiary/aromatic N) is 1. The summed E-state index contributed by atoms with van der Waals surface area (Å²) in [6.45, 7) is 8.50. The first-order valence-electron chi connectivity index (χ1n) is 6.86. The molecule has 1 aromatic rings. The highest BCUT2D eigenvalue weighted by molar-refractivity contribution is 5.53. The molecule has 1 saturated heterocycles. The first-order chi connectivity index (χ1) is 8.65. The third-order valence-electron chi connectivity index (χ3n) is 3.71. The Bertz CT molecular complexity index is 384. The lowest BCUT2D eigenvalue weighted by Gasteiger charge is -2.29. The lowest BCUT2D eigenvalue weighted by Crippen LogP contribution is -2.35. The van der Waals surface area contributed by atoms with E-state index in [-0.39, 0.29) is 0 Å². The lowest BCUT2D eigenvalue weighted by molar-refractivity contribution is 0.161. The summed E-state index contributed by atoms with van der Waals surface area (Å²) < 4.78 is 5.75. The molecule has 1 heterocycles. The first kappa shape index (κ1) is 13.2. The Balaban J connectivity index is 1.75. The minimum atomic E-state index is 0.724. The second kappa shape index (κ2) is 6.10. The van der Waals surface area contributed by atoms with Gasteiger partial charge < -0.3 is 10.5 Å². The molecule has 0 amide bonds. The van der Waals surface area contributed by atoms with E-state index in [4.69, 9.17) is 10.5 Å². The quantitative estimate of drug-likeness (QED) is 0.833. The van der Waals surface area contributed by atoms with Crippen LogP contribution in [0.1, 0.15) is 25.3 Å². The number of ether oxygens (including phenoxy) is 1. The van der Waals surface area contributed by atoms with Gasteiger partial charge in [-0.05, 0) is 56.5 Å². The second-order valence-corrected chi connectivity index (χ2v) is 5.41. The van der Waals surface area contributed by atoms with Crippen molar-refractivity contribution in [1.82, 2.24) is 4.90 Å². The average Bonchev–Trinajstić information content (AvgIpc) is 2.34. The Hall–Kier alpha value is -1.22. The van der Waals surface area contributed by atoms with Crippen molar-refractivity contribution in [3.05, 3.63) is 23.8 Å². The molecule has 2 rings (SSSR count). The number of rotatable bonds is 4. The lowest BCUT2D eigenvalue weighted by atomic mass is 9.99. The van der Waals surface area contributed by atoms with Crippen LogP contribution in [-0.2, 0) is 0 Å². The third kappa shape index (κ3) is 3.64. The van der Waals surface area contributed by atoms with E-state index in [0.29, 0.717) is 0 Å². The van der Waals surface area contributed by atoms with Crippen LogP contribution in [0.15, 0.2) is 18.2 Å². The van der Waals surface area contributed by atoms with Gasteiger partial charge in [-0.25, -0.2) is 0 Å². The number of anilines is 1. The van der Waals surface area contributed by atoms with Gasteiger partial charge in [-0.3, -0.25) is 4.90 Å². The van der Waals surface area contributed by atoms with Crippen LogP contribution in [0.3, 0.4) is 0 Å². The van der Waals surface area contributed by atoms with E-state index in [1.165, 1.54) is 31.5 Å². The number of nitrogens with two attached hydrogens (primary N) is 1. The molecule has 0 saturated carbocycles. The topological polar surface area (TPSA) is 38.5 Å².